The summed E-state index contributed by atoms with van der Waals surface area (Å²) in [5.74, 6) is -0.503. The summed E-state index contributed by atoms with van der Waals surface area (Å²) >= 11 is 0. The summed E-state index contributed by atoms with van der Waals surface area (Å²) in [4.78, 5) is 26.1. The molecule has 0 bridgehead atoms. The molecule has 0 fully saturated rings. The van der Waals surface area contributed by atoms with Crippen LogP contribution < -0.4 is 5.32 Å². The summed E-state index contributed by atoms with van der Waals surface area (Å²) in [7, 11) is 0. The number of rotatable bonds is 46. The van der Waals surface area contributed by atoms with E-state index in [0.717, 1.165) is 96.3 Å². The number of carbonyl (C=O) groups is 2. The fourth-order valence-electron chi connectivity index (χ4n) is 7.72. The van der Waals surface area contributed by atoms with Gasteiger partial charge in [-0.05, 0) is 77.0 Å². The molecule has 0 spiro atoms. The first-order valence-corrected chi connectivity index (χ1v) is 25.9. The lowest BCUT2D eigenvalue weighted by Gasteiger charge is -2.24. The minimum absolute atomic E-state index is 0.0598. The third kappa shape index (κ3) is 42.5. The zero-order chi connectivity index (χ0) is 43.8. The van der Waals surface area contributed by atoms with Crippen molar-refractivity contribution >= 4 is 11.9 Å². The molecule has 0 aliphatic carbocycles. The number of esters is 1. The van der Waals surface area contributed by atoms with E-state index < -0.39 is 18.2 Å². The lowest BCUT2D eigenvalue weighted by atomic mass is 10.0. The van der Waals surface area contributed by atoms with Gasteiger partial charge in [0.1, 0.15) is 6.10 Å². The zero-order valence-electron chi connectivity index (χ0n) is 39.8. The molecule has 0 aliphatic rings. The van der Waals surface area contributed by atoms with E-state index in [2.05, 4.69) is 74.7 Å². The number of aliphatic hydroxyl groups excluding tert-OH is 2. The van der Waals surface area contributed by atoms with E-state index >= 15 is 0 Å². The Hall–Kier alpha value is -2.18. The number of amides is 1. The molecule has 6 nitrogen and oxygen atoms in total. The van der Waals surface area contributed by atoms with E-state index in [9.17, 15) is 19.8 Å². The van der Waals surface area contributed by atoms with Crippen LogP contribution >= 0.6 is 0 Å². The van der Waals surface area contributed by atoms with Crippen molar-refractivity contribution in [1.82, 2.24) is 5.32 Å². The van der Waals surface area contributed by atoms with E-state index in [-0.39, 0.29) is 24.9 Å². The molecule has 1 amide bonds. The Kier molecular flexibility index (Phi) is 46.1. The molecule has 0 aromatic heterocycles. The van der Waals surface area contributed by atoms with Crippen LogP contribution in [0.1, 0.15) is 258 Å². The van der Waals surface area contributed by atoms with Crippen LogP contribution in [0.2, 0.25) is 0 Å². The second-order valence-electron chi connectivity index (χ2n) is 17.5. The second kappa shape index (κ2) is 47.9. The number of hydrogen-bond acceptors (Lipinski definition) is 5. The van der Waals surface area contributed by atoms with Gasteiger partial charge in [-0.2, -0.15) is 0 Å². The molecule has 3 N–H and O–H groups in total. The van der Waals surface area contributed by atoms with Crippen molar-refractivity contribution in [2.45, 2.75) is 277 Å². The maximum Gasteiger partial charge on any atom is 0.306 e. The highest BCUT2D eigenvalue weighted by Crippen LogP contribution is 2.18. The summed E-state index contributed by atoms with van der Waals surface area (Å²) < 4.78 is 5.91. The van der Waals surface area contributed by atoms with Crippen LogP contribution in [0.25, 0.3) is 0 Å². The van der Waals surface area contributed by atoms with Crippen molar-refractivity contribution in [3.63, 3.8) is 0 Å². The smallest absolute Gasteiger partial charge is 0.306 e. The molecule has 0 saturated carbocycles. The monoisotopic (exact) mass is 842 g/mol. The van der Waals surface area contributed by atoms with Crippen molar-refractivity contribution < 1.29 is 24.5 Å². The van der Waals surface area contributed by atoms with E-state index in [0.29, 0.717) is 19.3 Å². The summed E-state index contributed by atoms with van der Waals surface area (Å²) in [5.41, 5.74) is 0. The first-order chi connectivity index (χ1) is 29.5. The van der Waals surface area contributed by atoms with Gasteiger partial charge in [-0.15, -0.1) is 0 Å². The number of unbranched alkanes of at least 4 members (excludes halogenated alkanes) is 26. The topological polar surface area (TPSA) is 95.9 Å². The van der Waals surface area contributed by atoms with Gasteiger partial charge in [0.05, 0.1) is 25.2 Å². The van der Waals surface area contributed by atoms with Crippen LogP contribution in [-0.4, -0.2) is 46.9 Å². The molecule has 60 heavy (non-hydrogen) atoms. The predicted octanol–water partition coefficient (Wildman–Crippen LogP) is 15.5. The Morgan fingerprint density at radius 3 is 1.43 bits per heavy atom. The lowest BCUT2D eigenvalue weighted by molar-refractivity contribution is -0.151. The van der Waals surface area contributed by atoms with Crippen molar-refractivity contribution in [2.75, 3.05) is 6.61 Å². The Labute approximate surface area is 372 Å². The number of carbonyl (C=O) groups excluding carboxylic acids is 2. The van der Waals surface area contributed by atoms with Crippen molar-refractivity contribution in [3.8, 4) is 0 Å². The maximum atomic E-state index is 13.2. The average molecular weight is 842 g/mol. The van der Waals surface area contributed by atoms with E-state index in [1.807, 2.05) is 0 Å². The van der Waals surface area contributed by atoms with Gasteiger partial charge in [0.25, 0.3) is 0 Å². The predicted molar refractivity (Wildman–Crippen MR) is 259 cm³/mol. The number of hydrogen-bond donors (Lipinski definition) is 3. The van der Waals surface area contributed by atoms with Crippen LogP contribution in [0.15, 0.2) is 48.6 Å². The highest BCUT2D eigenvalue weighted by Gasteiger charge is 2.24. The molecule has 6 heteroatoms. The van der Waals surface area contributed by atoms with Crippen LogP contribution in [0, 0.1) is 0 Å². The Morgan fingerprint density at radius 2 is 0.917 bits per heavy atom. The van der Waals surface area contributed by atoms with Gasteiger partial charge < -0.3 is 20.3 Å². The quantitative estimate of drug-likeness (QED) is 0.0322. The third-order valence-corrected chi connectivity index (χ3v) is 11.6. The molecule has 3 atom stereocenters. The van der Waals surface area contributed by atoms with Crippen LogP contribution in [0.5, 0.6) is 0 Å². The molecule has 3 unspecified atom stereocenters. The number of nitrogens with one attached hydrogen (secondary N) is 1. The third-order valence-electron chi connectivity index (χ3n) is 11.6. The van der Waals surface area contributed by atoms with Crippen LogP contribution in [-0.2, 0) is 14.3 Å². The van der Waals surface area contributed by atoms with Gasteiger partial charge in [0.2, 0.25) is 5.91 Å². The minimum Gasteiger partial charge on any atom is -0.462 e. The Balaban J connectivity index is 4.56. The second-order valence-corrected chi connectivity index (χ2v) is 17.5. The van der Waals surface area contributed by atoms with E-state index in [1.165, 1.54) is 116 Å². The normalized spacial score (nSPS) is 13.6. The van der Waals surface area contributed by atoms with E-state index in [4.69, 9.17) is 4.74 Å². The fraction of sp³-hybridized carbons (Fsp3) is 0.815. The minimum atomic E-state index is -0.795. The lowest BCUT2D eigenvalue weighted by Crippen LogP contribution is -2.46. The Morgan fingerprint density at radius 1 is 0.500 bits per heavy atom. The van der Waals surface area contributed by atoms with Crippen molar-refractivity contribution in [2.24, 2.45) is 0 Å². The van der Waals surface area contributed by atoms with Gasteiger partial charge >= 0.3 is 5.97 Å². The molecule has 0 aromatic carbocycles. The molecular weight excluding hydrogens is 743 g/mol. The Bertz CT molecular complexity index is 1040. The molecule has 0 rings (SSSR count). The molecule has 350 valence electrons. The molecule has 0 heterocycles. The van der Waals surface area contributed by atoms with E-state index in [1.54, 1.807) is 0 Å². The van der Waals surface area contributed by atoms with Crippen molar-refractivity contribution in [3.05, 3.63) is 48.6 Å². The van der Waals surface area contributed by atoms with Crippen LogP contribution in [0.4, 0.5) is 0 Å². The average Bonchev–Trinajstić information content (AvgIpc) is 3.24. The van der Waals surface area contributed by atoms with Crippen molar-refractivity contribution in [1.29, 1.82) is 0 Å². The highest BCUT2D eigenvalue weighted by atomic mass is 16.5. The summed E-state index contributed by atoms with van der Waals surface area (Å²) in [6, 6.07) is -0.710. The summed E-state index contributed by atoms with van der Waals surface area (Å²) in [5, 5.41) is 23.8. The standard InChI is InChI=1S/C54H99NO5/c1-4-7-10-13-16-19-22-24-26-27-29-32-34-37-40-43-46-52(57)51(49-56)55-53(58)48-50(45-42-39-36-33-31-28-25-23-20-17-14-11-8-5-2)60-54(59)47-44-41-38-35-30-21-18-15-12-9-6-3/h8,11,15,17-18,20,25,28,50-52,56-57H,4-7,9-10,12-14,16,19,21-24,26-27,29-49H2,1-3H3,(H,55,58)/b11-8+,18-15-,20-17+,28-25+. The molecular formula is C54H99NO5. The molecule has 0 saturated heterocycles. The highest BCUT2D eigenvalue weighted by molar-refractivity contribution is 5.77. The summed E-state index contributed by atoms with van der Waals surface area (Å²) in [6.45, 7) is 6.34. The molecule has 0 radical (unpaired) electrons. The first kappa shape index (κ1) is 57.8. The largest absolute Gasteiger partial charge is 0.462 e. The number of aliphatic hydroxyl groups is 2. The van der Waals surface area contributed by atoms with Crippen LogP contribution in [0.3, 0.4) is 0 Å². The molecule has 0 aromatic rings. The van der Waals surface area contributed by atoms with Gasteiger partial charge in [0.15, 0.2) is 0 Å². The summed E-state index contributed by atoms with van der Waals surface area (Å²) in [6.07, 6.45) is 57.4. The maximum absolute atomic E-state index is 13.2. The fourth-order valence-corrected chi connectivity index (χ4v) is 7.72. The van der Waals surface area contributed by atoms with Gasteiger partial charge in [0, 0.05) is 6.42 Å². The van der Waals surface area contributed by atoms with Gasteiger partial charge in [-0.1, -0.05) is 217 Å². The molecule has 0 aliphatic heterocycles. The van der Waals surface area contributed by atoms with Gasteiger partial charge in [-0.3, -0.25) is 9.59 Å². The number of allylic oxidation sites excluding steroid dienone is 8. The first-order valence-electron chi connectivity index (χ1n) is 25.9. The van der Waals surface area contributed by atoms with Gasteiger partial charge in [-0.25, -0.2) is 0 Å². The zero-order valence-corrected chi connectivity index (χ0v) is 39.8. The SMILES string of the molecule is CC/C=C/C/C=C/C/C=C/CCCCCCC(CC(=O)NC(CO)C(O)CCCCCCCCCCCCCCCCCC)OC(=O)CCCCCCC/C=C\CCCC. The number of ether oxygens (including phenoxy) is 1.